The Morgan fingerprint density at radius 3 is 2.63 bits per heavy atom. The number of rotatable bonds is 8. The summed E-state index contributed by atoms with van der Waals surface area (Å²) < 4.78 is 35.4. The highest BCUT2D eigenvalue weighted by Gasteiger charge is 2.29. The largest absolute Gasteiger partial charge is 0.492 e. The first kappa shape index (κ1) is 23.3. The van der Waals surface area contributed by atoms with Crippen molar-refractivity contribution in [3.8, 4) is 16.9 Å². The van der Waals surface area contributed by atoms with E-state index in [1.807, 2.05) is 48.7 Å². The minimum absolute atomic E-state index is 0.0309. The topological polar surface area (TPSA) is 108 Å². The quantitative estimate of drug-likeness (QED) is 0.325. The van der Waals surface area contributed by atoms with Gasteiger partial charge in [0.05, 0.1) is 13.2 Å². The van der Waals surface area contributed by atoms with Crippen LogP contribution in [0.5, 0.6) is 5.75 Å². The molecule has 0 aliphatic carbocycles. The second kappa shape index (κ2) is 9.30. The first-order chi connectivity index (χ1) is 16.9. The van der Waals surface area contributed by atoms with Crippen LogP contribution in [0.3, 0.4) is 0 Å². The summed E-state index contributed by atoms with van der Waals surface area (Å²) in [5, 5.41) is 11.0. The normalized spacial score (nSPS) is 14.0. The molecule has 0 saturated heterocycles. The molecule has 0 amide bonds. The third kappa shape index (κ3) is 4.60. The van der Waals surface area contributed by atoms with E-state index in [0.29, 0.717) is 30.8 Å². The van der Waals surface area contributed by atoms with Gasteiger partial charge in [-0.1, -0.05) is 42.5 Å². The van der Waals surface area contributed by atoms with Gasteiger partial charge in [0.2, 0.25) is 10.0 Å². The highest BCUT2D eigenvalue weighted by atomic mass is 32.2. The number of ketones is 1. The average molecular weight is 491 g/mol. The van der Waals surface area contributed by atoms with Gasteiger partial charge in [-0.3, -0.25) is 4.79 Å². The Hall–Kier alpha value is -3.46. The zero-order valence-corrected chi connectivity index (χ0v) is 20.1. The highest BCUT2D eigenvalue weighted by molar-refractivity contribution is 7.89. The lowest BCUT2D eigenvalue weighted by Crippen LogP contribution is -2.39. The lowest BCUT2D eigenvalue weighted by molar-refractivity contribution is 0.101. The molecule has 1 aliphatic heterocycles. The fraction of sp³-hybridized carbons (Fsp3) is 0.222. The van der Waals surface area contributed by atoms with Crippen molar-refractivity contribution < 1.29 is 23.1 Å². The Bertz CT molecular complexity index is 1510. The Morgan fingerprint density at radius 1 is 1.11 bits per heavy atom. The zero-order valence-electron chi connectivity index (χ0n) is 19.2. The number of aliphatic hydroxyl groups excluding tert-OH is 1. The lowest BCUT2D eigenvalue weighted by atomic mass is 10.00. The predicted octanol–water partition coefficient (Wildman–Crippen LogP) is 3.85. The summed E-state index contributed by atoms with van der Waals surface area (Å²) in [5.74, 6) is 0.321. The first-order valence-electron chi connectivity index (χ1n) is 11.4. The zero-order chi connectivity index (χ0) is 24.6. The van der Waals surface area contributed by atoms with E-state index in [-0.39, 0.29) is 17.3 Å². The molecule has 0 radical (unpaired) electrons. The van der Waals surface area contributed by atoms with Crippen molar-refractivity contribution in [1.82, 2.24) is 9.71 Å². The van der Waals surface area contributed by atoms with Gasteiger partial charge in [0, 0.05) is 35.1 Å². The summed E-state index contributed by atoms with van der Waals surface area (Å²) in [4.78, 5) is 14.9. The van der Waals surface area contributed by atoms with Crippen molar-refractivity contribution in [2.45, 2.75) is 30.7 Å². The summed E-state index contributed by atoms with van der Waals surface area (Å²) >= 11 is 0. The van der Waals surface area contributed by atoms with Crippen LogP contribution >= 0.6 is 0 Å². The number of nitrogens with one attached hydrogen (secondary N) is 2. The van der Waals surface area contributed by atoms with Crippen molar-refractivity contribution in [2.24, 2.45) is 0 Å². The van der Waals surface area contributed by atoms with Crippen LogP contribution in [0.25, 0.3) is 22.0 Å². The minimum Gasteiger partial charge on any atom is -0.492 e. The van der Waals surface area contributed by atoms with Gasteiger partial charge in [-0.25, -0.2) is 13.1 Å². The number of aromatic nitrogens is 1. The summed E-state index contributed by atoms with van der Waals surface area (Å²) in [6.45, 7) is 1.56. The van der Waals surface area contributed by atoms with Crippen LogP contribution in [0.1, 0.15) is 28.4 Å². The highest BCUT2D eigenvalue weighted by Crippen LogP contribution is 2.37. The molecule has 0 fully saturated rings. The maximum Gasteiger partial charge on any atom is 0.244 e. The van der Waals surface area contributed by atoms with Crippen LogP contribution in [0.15, 0.2) is 71.8 Å². The molecule has 1 atom stereocenters. The molecule has 0 bridgehead atoms. The van der Waals surface area contributed by atoms with Crippen LogP contribution in [0, 0.1) is 0 Å². The molecule has 2 heterocycles. The number of ether oxygens (including phenoxy) is 1. The molecule has 180 valence electrons. The van der Waals surface area contributed by atoms with E-state index in [4.69, 9.17) is 4.74 Å². The summed E-state index contributed by atoms with van der Waals surface area (Å²) in [6, 6.07) is 17.7. The summed E-state index contributed by atoms with van der Waals surface area (Å²) in [6.07, 6.45) is 2.78. The van der Waals surface area contributed by atoms with Gasteiger partial charge in [0.15, 0.2) is 5.78 Å². The van der Waals surface area contributed by atoms with Gasteiger partial charge in [0.25, 0.3) is 0 Å². The molecule has 35 heavy (non-hydrogen) atoms. The number of Topliss-reactive ketones (excluding diaryl/α,β-unsaturated/α-hetero) is 1. The number of aromatic amines is 1. The van der Waals surface area contributed by atoms with Gasteiger partial charge in [-0.15, -0.1) is 0 Å². The number of hydrogen-bond acceptors (Lipinski definition) is 5. The van der Waals surface area contributed by atoms with E-state index in [9.17, 15) is 18.3 Å². The summed E-state index contributed by atoms with van der Waals surface area (Å²) in [7, 11) is -4.00. The predicted molar refractivity (Wildman–Crippen MR) is 134 cm³/mol. The second-order valence-electron chi connectivity index (χ2n) is 8.76. The Kier molecular flexibility index (Phi) is 6.19. The Morgan fingerprint density at radius 2 is 1.89 bits per heavy atom. The van der Waals surface area contributed by atoms with Gasteiger partial charge >= 0.3 is 0 Å². The van der Waals surface area contributed by atoms with Crippen molar-refractivity contribution in [3.63, 3.8) is 0 Å². The second-order valence-corrected chi connectivity index (χ2v) is 10.4. The van der Waals surface area contributed by atoms with E-state index >= 15 is 0 Å². The van der Waals surface area contributed by atoms with E-state index in [1.54, 1.807) is 18.2 Å². The molecule has 5 rings (SSSR count). The van der Waals surface area contributed by atoms with Crippen molar-refractivity contribution >= 4 is 26.7 Å². The molecule has 8 heteroatoms. The van der Waals surface area contributed by atoms with Crippen LogP contribution < -0.4 is 9.46 Å². The number of carbonyl (C=O) groups is 1. The van der Waals surface area contributed by atoms with Crippen LogP contribution in [-0.2, 0) is 22.9 Å². The molecule has 3 N–H and O–H groups in total. The van der Waals surface area contributed by atoms with Crippen molar-refractivity contribution in [3.05, 3.63) is 83.6 Å². The number of H-pyrrole nitrogens is 1. The van der Waals surface area contributed by atoms with E-state index < -0.39 is 16.1 Å². The molecular weight excluding hydrogens is 464 g/mol. The fourth-order valence-electron chi connectivity index (χ4n) is 4.53. The molecule has 0 spiro atoms. The lowest BCUT2D eigenvalue weighted by Gasteiger charge is -2.18. The number of aliphatic hydroxyl groups is 1. The molecule has 1 aromatic heterocycles. The Labute approximate surface area is 203 Å². The molecule has 4 aromatic rings. The number of para-hydroxylation sites is 1. The minimum atomic E-state index is -4.00. The number of benzene rings is 3. The molecule has 7 nitrogen and oxygen atoms in total. The van der Waals surface area contributed by atoms with Crippen LogP contribution in [0.2, 0.25) is 0 Å². The van der Waals surface area contributed by atoms with Gasteiger partial charge in [0.1, 0.15) is 10.6 Å². The maximum absolute atomic E-state index is 13.5. The molecular formula is C27H26N2O5S. The van der Waals surface area contributed by atoms with Gasteiger partial charge < -0.3 is 14.8 Å². The molecule has 1 aliphatic rings. The Balaban J connectivity index is 1.47. The van der Waals surface area contributed by atoms with Gasteiger partial charge in [-0.2, -0.15) is 0 Å². The van der Waals surface area contributed by atoms with E-state index in [2.05, 4.69) is 9.71 Å². The SMILES string of the molecule is CC(=O)c1ccc(-c2cc3c(c(S(=O)(=O)N[C@@H](CO)Cc4c[nH]c5ccccc45)c2)OCC3)cc1. The third-order valence-electron chi connectivity index (χ3n) is 6.35. The van der Waals surface area contributed by atoms with E-state index in [0.717, 1.165) is 33.2 Å². The first-order valence-corrected chi connectivity index (χ1v) is 12.9. The maximum atomic E-state index is 13.5. The smallest absolute Gasteiger partial charge is 0.244 e. The summed E-state index contributed by atoms with van der Waals surface area (Å²) in [5.41, 5.74) is 4.81. The third-order valence-corrected chi connectivity index (χ3v) is 7.87. The number of carbonyl (C=O) groups excluding carboxylic acids is 1. The van der Waals surface area contributed by atoms with Crippen molar-refractivity contribution in [1.29, 1.82) is 0 Å². The molecule has 0 unspecified atom stereocenters. The number of hydrogen-bond donors (Lipinski definition) is 3. The van der Waals surface area contributed by atoms with E-state index in [1.165, 1.54) is 6.92 Å². The number of fused-ring (bicyclic) bond motifs is 2. The number of sulfonamides is 1. The van der Waals surface area contributed by atoms with Crippen LogP contribution in [-0.4, -0.2) is 43.5 Å². The molecule has 0 saturated carbocycles. The standard InChI is InChI=1S/C27H26N2O5S/c1-17(31)18-6-8-19(9-7-18)21-12-20-10-11-34-27(20)26(14-21)35(32,33)29-23(16-30)13-22-15-28-25-5-3-2-4-24(22)25/h2-9,12,14-15,23,28-30H,10-11,13,16H2,1H3/t23-/m1/s1. The van der Waals surface area contributed by atoms with Gasteiger partial charge in [-0.05, 0) is 53.8 Å². The average Bonchev–Trinajstić information content (AvgIpc) is 3.50. The van der Waals surface area contributed by atoms with Crippen molar-refractivity contribution in [2.75, 3.05) is 13.2 Å². The van der Waals surface area contributed by atoms with Crippen LogP contribution in [0.4, 0.5) is 0 Å². The fourth-order valence-corrected chi connectivity index (χ4v) is 5.97. The monoisotopic (exact) mass is 490 g/mol. The molecule has 3 aromatic carbocycles.